The van der Waals surface area contributed by atoms with Crippen molar-refractivity contribution in [1.82, 2.24) is 19.9 Å². The van der Waals surface area contributed by atoms with Gasteiger partial charge in [0.1, 0.15) is 6.33 Å². The Morgan fingerprint density at radius 3 is 2.88 bits per heavy atom. The van der Waals surface area contributed by atoms with E-state index in [4.69, 9.17) is 0 Å². The molecule has 168 valence electrons. The Morgan fingerprint density at radius 1 is 1.06 bits per heavy atom. The number of hydrogen-bond acceptors (Lipinski definition) is 5. The van der Waals surface area contributed by atoms with E-state index in [1.807, 2.05) is 0 Å². The van der Waals surface area contributed by atoms with E-state index >= 15 is 0 Å². The third-order valence-electron chi connectivity index (χ3n) is 6.95. The van der Waals surface area contributed by atoms with Gasteiger partial charge in [-0.2, -0.15) is 0 Å². The monoisotopic (exact) mass is 455 g/mol. The summed E-state index contributed by atoms with van der Waals surface area (Å²) in [5.74, 6) is 8.36. The molecular formula is C27H29N5S. The molecule has 6 heteroatoms. The smallest absolute Gasteiger partial charge is 0.151 e. The highest BCUT2D eigenvalue weighted by Crippen LogP contribution is 2.32. The quantitative estimate of drug-likeness (QED) is 0.367. The summed E-state index contributed by atoms with van der Waals surface area (Å²) in [6.45, 7) is 2.21. The highest BCUT2D eigenvalue weighted by Gasteiger charge is 2.15. The van der Waals surface area contributed by atoms with Gasteiger partial charge in [-0.15, -0.1) is 11.3 Å². The van der Waals surface area contributed by atoms with Crippen LogP contribution in [0.15, 0.2) is 42.9 Å². The van der Waals surface area contributed by atoms with Crippen molar-refractivity contribution in [2.75, 3.05) is 11.9 Å². The summed E-state index contributed by atoms with van der Waals surface area (Å²) in [6, 6.07) is 11.2. The molecule has 1 atom stereocenters. The van der Waals surface area contributed by atoms with Crippen molar-refractivity contribution in [3.63, 3.8) is 0 Å². The average Bonchev–Trinajstić information content (AvgIpc) is 3.59. The van der Waals surface area contributed by atoms with Gasteiger partial charge in [-0.25, -0.2) is 9.97 Å². The Bertz CT molecular complexity index is 1330. The molecular weight excluding hydrogens is 426 g/mol. The predicted octanol–water partition coefficient (Wildman–Crippen LogP) is 6.07. The van der Waals surface area contributed by atoms with Crippen molar-refractivity contribution in [2.24, 2.45) is 5.92 Å². The van der Waals surface area contributed by atoms with E-state index in [1.165, 1.54) is 49.4 Å². The molecule has 3 aromatic heterocycles. The van der Waals surface area contributed by atoms with Crippen LogP contribution in [0, 0.1) is 17.8 Å². The van der Waals surface area contributed by atoms with Crippen molar-refractivity contribution < 1.29 is 0 Å². The molecule has 33 heavy (non-hydrogen) atoms. The largest absolute Gasteiger partial charge is 0.347 e. The van der Waals surface area contributed by atoms with Gasteiger partial charge in [0.25, 0.3) is 0 Å². The maximum atomic E-state index is 4.54. The van der Waals surface area contributed by atoms with E-state index in [-0.39, 0.29) is 0 Å². The lowest BCUT2D eigenvalue weighted by molar-refractivity contribution is 0.322. The molecule has 0 radical (unpaired) electrons. The molecule has 0 amide bonds. The average molecular weight is 456 g/mol. The molecule has 4 aromatic rings. The second-order valence-electron chi connectivity index (χ2n) is 9.34. The normalized spacial score (nSPS) is 19.1. The Morgan fingerprint density at radius 2 is 2.00 bits per heavy atom. The first kappa shape index (κ1) is 20.7. The van der Waals surface area contributed by atoms with Crippen molar-refractivity contribution in [3.05, 3.63) is 47.7 Å². The zero-order chi connectivity index (χ0) is 22.0. The van der Waals surface area contributed by atoms with E-state index < -0.39 is 0 Å². The van der Waals surface area contributed by atoms with E-state index in [9.17, 15) is 0 Å². The summed E-state index contributed by atoms with van der Waals surface area (Å²) < 4.78 is 3.48. The highest BCUT2D eigenvalue weighted by atomic mass is 32.1. The van der Waals surface area contributed by atoms with Crippen LogP contribution in [0.25, 0.3) is 21.1 Å². The Hall–Kier alpha value is -2.88. The number of anilines is 2. The number of hydrogen-bond donors (Lipinski definition) is 2. The summed E-state index contributed by atoms with van der Waals surface area (Å²) >= 11 is 1.66. The summed E-state index contributed by atoms with van der Waals surface area (Å²) in [5, 5.41) is 8.23. The molecule has 2 fully saturated rings. The molecule has 1 aliphatic heterocycles. The maximum absolute atomic E-state index is 4.54. The third kappa shape index (κ3) is 4.48. The highest BCUT2D eigenvalue weighted by molar-refractivity contribution is 7.20. The summed E-state index contributed by atoms with van der Waals surface area (Å²) in [7, 11) is 0. The molecule has 1 saturated carbocycles. The molecule has 0 unspecified atom stereocenters. The van der Waals surface area contributed by atoms with Crippen LogP contribution in [0.3, 0.4) is 0 Å². The van der Waals surface area contributed by atoms with E-state index in [2.05, 4.69) is 73.5 Å². The van der Waals surface area contributed by atoms with Crippen LogP contribution < -0.4 is 10.6 Å². The topological polar surface area (TPSA) is 54.8 Å². The minimum atomic E-state index is 0.316. The van der Waals surface area contributed by atoms with Crippen molar-refractivity contribution in [2.45, 2.75) is 57.5 Å². The number of aromatic nitrogens is 3. The van der Waals surface area contributed by atoms with Gasteiger partial charge >= 0.3 is 0 Å². The lowest BCUT2D eigenvalue weighted by Crippen LogP contribution is -2.18. The molecule has 0 bridgehead atoms. The van der Waals surface area contributed by atoms with Gasteiger partial charge in [0.05, 0.1) is 21.1 Å². The molecule has 1 saturated heterocycles. The number of benzene rings is 1. The minimum Gasteiger partial charge on any atom is -0.347 e. The standard InChI is InChI=1S/C27H29N5S/c1-2-5-19(6-3-1)17-32-14-12-20-15-22(9-11-25(20)32)31-27-26-24(29-18-30-27)16-23(33-26)10-8-21-7-4-13-28-21/h9,11-12,14-16,18-19,21,28H,1-7,13,17H2,(H,29,30,31)/t21-/m1/s1. The van der Waals surface area contributed by atoms with E-state index in [0.29, 0.717) is 6.04 Å². The van der Waals surface area contributed by atoms with E-state index in [1.54, 1.807) is 17.7 Å². The molecule has 5 nitrogen and oxygen atoms in total. The molecule has 6 rings (SSSR count). The van der Waals surface area contributed by atoms with Gasteiger partial charge in [0.2, 0.25) is 0 Å². The molecule has 1 aromatic carbocycles. The fourth-order valence-corrected chi connectivity index (χ4v) is 6.11. The molecule has 4 heterocycles. The van der Waals surface area contributed by atoms with Crippen molar-refractivity contribution in [1.29, 1.82) is 0 Å². The molecule has 2 N–H and O–H groups in total. The van der Waals surface area contributed by atoms with Crippen LogP contribution in [0.1, 0.15) is 49.8 Å². The summed E-state index contributed by atoms with van der Waals surface area (Å²) in [4.78, 5) is 10.0. The van der Waals surface area contributed by atoms with Crippen LogP contribution >= 0.6 is 11.3 Å². The van der Waals surface area contributed by atoms with Crippen LogP contribution in [0.5, 0.6) is 0 Å². The SMILES string of the molecule is C(#C[C@H]1CCCN1)c1cc2ncnc(Nc3ccc4c(ccn4CC4CCCCC4)c3)c2s1. The van der Waals surface area contributed by atoms with Gasteiger partial charge in [0.15, 0.2) is 5.82 Å². The Kier molecular flexibility index (Phi) is 5.75. The first-order chi connectivity index (χ1) is 16.3. The lowest BCUT2D eigenvalue weighted by Gasteiger charge is -2.22. The number of thiophene rings is 1. The zero-order valence-electron chi connectivity index (χ0n) is 18.8. The minimum absolute atomic E-state index is 0.316. The second-order valence-corrected chi connectivity index (χ2v) is 10.4. The van der Waals surface area contributed by atoms with Crippen LogP contribution in [0.4, 0.5) is 11.5 Å². The van der Waals surface area contributed by atoms with Crippen molar-refractivity contribution in [3.8, 4) is 11.8 Å². The molecule has 1 aliphatic carbocycles. The fourth-order valence-electron chi connectivity index (χ4n) is 5.19. The fraction of sp³-hybridized carbons (Fsp3) is 0.407. The Balaban J connectivity index is 1.23. The predicted molar refractivity (Wildman–Crippen MR) is 137 cm³/mol. The second kappa shape index (κ2) is 9.17. The summed E-state index contributed by atoms with van der Waals surface area (Å²) in [5.41, 5.74) is 3.31. The van der Waals surface area contributed by atoms with Gasteiger partial charge < -0.3 is 15.2 Å². The molecule has 0 spiro atoms. The van der Waals surface area contributed by atoms with Gasteiger partial charge in [-0.1, -0.05) is 31.1 Å². The number of nitrogens with zero attached hydrogens (tertiary/aromatic N) is 3. The van der Waals surface area contributed by atoms with Crippen LogP contribution in [-0.2, 0) is 6.54 Å². The van der Waals surface area contributed by atoms with Gasteiger partial charge in [0, 0.05) is 29.3 Å². The molecule has 2 aliphatic rings. The number of fused-ring (bicyclic) bond motifs is 2. The van der Waals surface area contributed by atoms with Crippen molar-refractivity contribution >= 4 is 44.0 Å². The zero-order valence-corrected chi connectivity index (χ0v) is 19.6. The van der Waals surface area contributed by atoms with Gasteiger partial charge in [-0.3, -0.25) is 0 Å². The number of nitrogens with one attached hydrogen (secondary N) is 2. The van der Waals surface area contributed by atoms with Crippen LogP contribution in [0.2, 0.25) is 0 Å². The van der Waals surface area contributed by atoms with Crippen LogP contribution in [-0.4, -0.2) is 27.1 Å². The van der Waals surface area contributed by atoms with E-state index in [0.717, 1.165) is 52.0 Å². The lowest BCUT2D eigenvalue weighted by atomic mass is 9.89. The Labute approximate surface area is 198 Å². The van der Waals surface area contributed by atoms with Gasteiger partial charge in [-0.05, 0) is 68.5 Å². The maximum Gasteiger partial charge on any atom is 0.151 e. The first-order valence-corrected chi connectivity index (χ1v) is 13.0. The summed E-state index contributed by atoms with van der Waals surface area (Å²) in [6.07, 6.45) is 13.1. The third-order valence-corrected chi connectivity index (χ3v) is 8.00. The number of rotatable bonds is 4. The first-order valence-electron chi connectivity index (χ1n) is 12.2.